The third-order valence-electron chi connectivity index (χ3n) is 3.04. The summed E-state index contributed by atoms with van der Waals surface area (Å²) in [6, 6.07) is 0. The molecular formula is C11H20N2OS. The van der Waals surface area contributed by atoms with Crippen LogP contribution in [0.4, 0.5) is 0 Å². The van der Waals surface area contributed by atoms with Crippen LogP contribution in [0.2, 0.25) is 0 Å². The number of hydrogen-bond acceptors (Lipinski definition) is 4. The van der Waals surface area contributed by atoms with Crippen LogP contribution in [0, 0.1) is 5.92 Å². The second-order valence-corrected chi connectivity index (χ2v) is 6.18. The van der Waals surface area contributed by atoms with Crippen molar-refractivity contribution < 1.29 is 4.74 Å². The van der Waals surface area contributed by atoms with E-state index in [2.05, 4.69) is 24.2 Å². The van der Waals surface area contributed by atoms with Crippen molar-refractivity contribution in [1.29, 1.82) is 0 Å². The van der Waals surface area contributed by atoms with Gasteiger partial charge in [-0.2, -0.15) is 0 Å². The Balaban J connectivity index is 1.72. The van der Waals surface area contributed by atoms with Crippen molar-refractivity contribution >= 4 is 16.9 Å². The van der Waals surface area contributed by atoms with Gasteiger partial charge >= 0.3 is 0 Å². The van der Waals surface area contributed by atoms with Crippen LogP contribution in [0.25, 0.3) is 0 Å². The smallest absolute Gasteiger partial charge is 0.157 e. The number of amidine groups is 1. The van der Waals surface area contributed by atoms with E-state index >= 15 is 0 Å². The van der Waals surface area contributed by atoms with Crippen molar-refractivity contribution in [1.82, 2.24) is 5.32 Å². The largest absolute Gasteiger partial charge is 0.377 e. The van der Waals surface area contributed by atoms with Gasteiger partial charge in [0.05, 0.1) is 12.1 Å². The second-order valence-electron chi connectivity index (χ2n) is 4.96. The van der Waals surface area contributed by atoms with Gasteiger partial charge in [0.25, 0.3) is 0 Å². The van der Waals surface area contributed by atoms with Gasteiger partial charge < -0.3 is 10.1 Å². The quantitative estimate of drug-likeness (QED) is 0.797. The van der Waals surface area contributed by atoms with Crippen molar-refractivity contribution in [3.05, 3.63) is 0 Å². The number of thioether (sulfide) groups is 1. The molecule has 0 bridgehead atoms. The van der Waals surface area contributed by atoms with E-state index in [-0.39, 0.29) is 5.60 Å². The first-order valence-electron chi connectivity index (χ1n) is 5.61. The fourth-order valence-corrected chi connectivity index (χ4v) is 2.77. The van der Waals surface area contributed by atoms with E-state index in [4.69, 9.17) is 4.74 Å². The van der Waals surface area contributed by atoms with Crippen molar-refractivity contribution in [2.45, 2.75) is 37.5 Å². The first kappa shape index (κ1) is 11.3. The zero-order valence-electron chi connectivity index (χ0n) is 9.75. The van der Waals surface area contributed by atoms with Crippen LogP contribution in [0.1, 0.15) is 26.7 Å². The van der Waals surface area contributed by atoms with Gasteiger partial charge in [-0.25, -0.2) is 0 Å². The summed E-state index contributed by atoms with van der Waals surface area (Å²) in [6.45, 7) is 5.99. The Bertz CT molecular complexity index is 261. The highest BCUT2D eigenvalue weighted by Gasteiger charge is 2.35. The molecule has 0 aromatic heterocycles. The van der Waals surface area contributed by atoms with Crippen LogP contribution >= 0.6 is 11.8 Å². The molecule has 2 aliphatic rings. The first-order valence-corrected chi connectivity index (χ1v) is 6.49. The summed E-state index contributed by atoms with van der Waals surface area (Å²) in [7, 11) is 1.75. The molecule has 0 aromatic rings. The normalized spacial score (nSPS) is 26.6. The summed E-state index contributed by atoms with van der Waals surface area (Å²) >= 11 is 1.92. The molecule has 1 fully saturated rings. The number of rotatable bonds is 4. The van der Waals surface area contributed by atoms with E-state index in [0.717, 1.165) is 29.4 Å². The summed E-state index contributed by atoms with van der Waals surface area (Å²) in [6.07, 6.45) is 2.81. The van der Waals surface area contributed by atoms with Crippen molar-refractivity contribution in [3.63, 3.8) is 0 Å². The summed E-state index contributed by atoms with van der Waals surface area (Å²) in [5, 5.41) is 5.23. The van der Waals surface area contributed by atoms with Crippen molar-refractivity contribution in [2.75, 3.05) is 20.2 Å². The summed E-state index contributed by atoms with van der Waals surface area (Å²) < 4.78 is 5.36. The van der Waals surface area contributed by atoms with E-state index in [1.54, 1.807) is 7.11 Å². The average Bonchev–Trinajstić information content (AvgIpc) is 2.96. The van der Waals surface area contributed by atoms with Crippen LogP contribution in [0.15, 0.2) is 4.99 Å². The average molecular weight is 228 g/mol. The van der Waals surface area contributed by atoms with Gasteiger partial charge in [-0.3, -0.25) is 4.99 Å². The second kappa shape index (κ2) is 4.34. The lowest BCUT2D eigenvalue weighted by Gasteiger charge is -2.23. The van der Waals surface area contributed by atoms with E-state index in [0.29, 0.717) is 0 Å². The molecule has 4 heteroatoms. The molecule has 0 radical (unpaired) electrons. The third-order valence-corrected chi connectivity index (χ3v) is 4.38. The Hall–Kier alpha value is -0.220. The summed E-state index contributed by atoms with van der Waals surface area (Å²) in [4.78, 5) is 4.53. The third kappa shape index (κ3) is 3.11. The molecule has 1 atom stereocenters. The molecule has 1 aliphatic heterocycles. The molecule has 2 rings (SSSR count). The van der Waals surface area contributed by atoms with Crippen LogP contribution in [-0.4, -0.2) is 36.2 Å². The van der Waals surface area contributed by atoms with E-state index in [1.165, 1.54) is 12.8 Å². The van der Waals surface area contributed by atoms with Gasteiger partial charge in [-0.15, -0.1) is 0 Å². The number of nitrogens with zero attached hydrogens (tertiary/aromatic N) is 1. The molecule has 3 nitrogen and oxygen atoms in total. The monoisotopic (exact) mass is 228 g/mol. The molecule has 0 spiro atoms. The number of methoxy groups -OCH3 is 1. The molecular weight excluding hydrogens is 208 g/mol. The standard InChI is InChI=1S/C11H20N2OS/c1-11(2,14-3)7-13-10-12-6-9(15-10)8-4-5-8/h8-9H,4-7H2,1-3H3,(H,12,13). The van der Waals surface area contributed by atoms with Gasteiger partial charge in [0.1, 0.15) is 0 Å². The molecule has 0 saturated heterocycles. The van der Waals surface area contributed by atoms with E-state index < -0.39 is 0 Å². The molecule has 1 unspecified atom stereocenters. The highest BCUT2D eigenvalue weighted by atomic mass is 32.2. The van der Waals surface area contributed by atoms with Gasteiger partial charge in [0.15, 0.2) is 5.17 Å². The Kier molecular flexibility index (Phi) is 3.26. The number of aliphatic imine (C=N–C) groups is 1. The van der Waals surface area contributed by atoms with Crippen LogP contribution in [0.5, 0.6) is 0 Å². The van der Waals surface area contributed by atoms with Gasteiger partial charge in [0.2, 0.25) is 0 Å². The molecule has 1 saturated carbocycles. The number of hydrogen-bond donors (Lipinski definition) is 1. The Morgan fingerprint density at radius 3 is 2.87 bits per heavy atom. The molecule has 86 valence electrons. The van der Waals surface area contributed by atoms with Crippen LogP contribution in [-0.2, 0) is 4.74 Å². The topological polar surface area (TPSA) is 33.6 Å². The molecule has 15 heavy (non-hydrogen) atoms. The minimum atomic E-state index is -0.110. The van der Waals surface area contributed by atoms with Crippen LogP contribution < -0.4 is 5.32 Å². The van der Waals surface area contributed by atoms with E-state index in [1.807, 2.05) is 11.8 Å². The number of ether oxygens (including phenoxy) is 1. The lowest BCUT2D eigenvalue weighted by Crippen LogP contribution is -2.38. The molecule has 1 aliphatic carbocycles. The first-order chi connectivity index (χ1) is 7.11. The van der Waals surface area contributed by atoms with Gasteiger partial charge in [-0.1, -0.05) is 11.8 Å². The zero-order chi connectivity index (χ0) is 10.9. The summed E-state index contributed by atoms with van der Waals surface area (Å²) in [5.41, 5.74) is -0.110. The maximum atomic E-state index is 5.36. The maximum Gasteiger partial charge on any atom is 0.157 e. The predicted octanol–water partition coefficient (Wildman–Crippen LogP) is 1.88. The fourth-order valence-electron chi connectivity index (χ4n) is 1.56. The fraction of sp³-hybridized carbons (Fsp3) is 0.909. The number of nitrogens with one attached hydrogen (secondary N) is 1. The summed E-state index contributed by atoms with van der Waals surface area (Å²) in [5.74, 6) is 0.938. The lowest BCUT2D eigenvalue weighted by atomic mass is 10.1. The minimum Gasteiger partial charge on any atom is -0.377 e. The van der Waals surface area contributed by atoms with Crippen molar-refractivity contribution in [3.8, 4) is 0 Å². The molecule has 1 N–H and O–H groups in total. The van der Waals surface area contributed by atoms with Gasteiger partial charge in [-0.05, 0) is 32.6 Å². The minimum absolute atomic E-state index is 0.110. The lowest BCUT2D eigenvalue weighted by molar-refractivity contribution is 0.0271. The van der Waals surface area contributed by atoms with Gasteiger partial charge in [0, 0.05) is 18.9 Å². The van der Waals surface area contributed by atoms with E-state index in [9.17, 15) is 0 Å². The van der Waals surface area contributed by atoms with Crippen molar-refractivity contribution in [2.24, 2.45) is 10.9 Å². The SMILES string of the molecule is COC(C)(C)CNC1=NCC(C2CC2)S1. The Morgan fingerprint density at radius 1 is 1.53 bits per heavy atom. The molecule has 0 amide bonds. The molecule has 1 heterocycles. The zero-order valence-corrected chi connectivity index (χ0v) is 10.6. The predicted molar refractivity (Wildman–Crippen MR) is 65.5 cm³/mol. The molecule has 0 aromatic carbocycles. The Morgan fingerprint density at radius 2 is 2.27 bits per heavy atom. The highest BCUT2D eigenvalue weighted by Crippen LogP contribution is 2.41. The maximum absolute atomic E-state index is 5.36. The van der Waals surface area contributed by atoms with Crippen LogP contribution in [0.3, 0.4) is 0 Å². The Labute approximate surface area is 96.1 Å². The highest BCUT2D eigenvalue weighted by molar-refractivity contribution is 8.14.